The Morgan fingerprint density at radius 1 is 1.08 bits per heavy atom. The van der Waals surface area contributed by atoms with Gasteiger partial charge >= 0.3 is 0 Å². The van der Waals surface area contributed by atoms with Gasteiger partial charge in [-0.05, 0) is 23.3 Å². The van der Waals surface area contributed by atoms with E-state index in [4.69, 9.17) is 11.6 Å². The van der Waals surface area contributed by atoms with E-state index in [2.05, 4.69) is 27.6 Å². The largest absolute Gasteiger partial charge is 0.351 e. The molecule has 0 saturated heterocycles. The van der Waals surface area contributed by atoms with Crippen LogP contribution in [0.15, 0.2) is 59.8 Å². The lowest BCUT2D eigenvalue weighted by Crippen LogP contribution is -2.24. The molecule has 7 heteroatoms. The van der Waals surface area contributed by atoms with Crippen LogP contribution in [0.4, 0.5) is 0 Å². The molecule has 0 aliphatic heterocycles. The van der Waals surface area contributed by atoms with E-state index < -0.39 is 0 Å². The van der Waals surface area contributed by atoms with Gasteiger partial charge in [-0.25, -0.2) is 0 Å². The first kappa shape index (κ1) is 18.5. The summed E-state index contributed by atoms with van der Waals surface area (Å²) in [5, 5.41) is 12.7. The fourth-order valence-corrected chi connectivity index (χ4v) is 3.27. The molecule has 1 N–H and O–H groups in total. The van der Waals surface area contributed by atoms with Crippen LogP contribution in [0.2, 0.25) is 5.02 Å². The van der Waals surface area contributed by atoms with Gasteiger partial charge in [0.25, 0.3) is 0 Å². The monoisotopic (exact) mass is 386 g/mol. The number of halogens is 1. The summed E-state index contributed by atoms with van der Waals surface area (Å²) < 4.78 is 1.93. The maximum Gasteiger partial charge on any atom is 0.230 e. The quantitative estimate of drug-likeness (QED) is 0.631. The second-order valence-electron chi connectivity index (χ2n) is 5.81. The highest BCUT2D eigenvalue weighted by molar-refractivity contribution is 7.99. The molecule has 0 bridgehead atoms. The van der Waals surface area contributed by atoms with Crippen LogP contribution >= 0.6 is 23.4 Å². The van der Waals surface area contributed by atoms with Crippen LogP contribution in [0.1, 0.15) is 17.0 Å². The molecule has 2 aromatic carbocycles. The third-order valence-electron chi connectivity index (χ3n) is 3.87. The predicted molar refractivity (Wildman–Crippen MR) is 104 cm³/mol. The molecule has 0 unspecified atom stereocenters. The molecule has 0 aliphatic rings. The minimum atomic E-state index is -0.0439. The van der Waals surface area contributed by atoms with E-state index in [9.17, 15) is 4.79 Å². The number of benzene rings is 2. The maximum atomic E-state index is 12.1. The lowest BCUT2D eigenvalue weighted by atomic mass is 10.1. The average Bonchev–Trinajstić information content (AvgIpc) is 3.00. The fourth-order valence-electron chi connectivity index (χ4n) is 2.39. The highest BCUT2D eigenvalue weighted by Crippen LogP contribution is 2.17. The Balaban J connectivity index is 1.50. The summed E-state index contributed by atoms with van der Waals surface area (Å²) in [7, 11) is 1.92. The first-order chi connectivity index (χ1) is 12.6. The van der Waals surface area contributed by atoms with Gasteiger partial charge in [0, 0.05) is 25.0 Å². The van der Waals surface area contributed by atoms with Crippen molar-refractivity contribution in [3.63, 3.8) is 0 Å². The van der Waals surface area contributed by atoms with Crippen LogP contribution < -0.4 is 5.32 Å². The van der Waals surface area contributed by atoms with Gasteiger partial charge in [-0.2, -0.15) is 0 Å². The van der Waals surface area contributed by atoms with Gasteiger partial charge in [-0.3, -0.25) is 4.79 Å². The Kier molecular flexibility index (Phi) is 6.30. The van der Waals surface area contributed by atoms with Crippen LogP contribution in [0.5, 0.6) is 0 Å². The molecule has 3 aromatic rings. The minimum absolute atomic E-state index is 0.0439. The minimum Gasteiger partial charge on any atom is -0.351 e. The molecule has 0 atom stereocenters. The summed E-state index contributed by atoms with van der Waals surface area (Å²) in [6, 6.07) is 17.5. The Hall–Kier alpha value is -2.31. The van der Waals surface area contributed by atoms with Crippen molar-refractivity contribution in [1.29, 1.82) is 0 Å². The Morgan fingerprint density at radius 3 is 2.54 bits per heavy atom. The zero-order valence-electron chi connectivity index (χ0n) is 14.4. The van der Waals surface area contributed by atoms with Crippen molar-refractivity contribution >= 4 is 29.3 Å². The first-order valence-electron chi connectivity index (χ1n) is 8.18. The number of nitrogens with one attached hydrogen (secondary N) is 1. The van der Waals surface area contributed by atoms with Crippen LogP contribution in [0, 0.1) is 0 Å². The maximum absolute atomic E-state index is 12.1. The molecular formula is C19H19ClN4OS. The number of amides is 1. The zero-order valence-corrected chi connectivity index (χ0v) is 15.9. The molecule has 0 aliphatic carbocycles. The van der Waals surface area contributed by atoms with Gasteiger partial charge in [0.15, 0.2) is 5.16 Å². The standard InChI is InChI=1S/C19H19ClN4OS/c1-24-17(11-14-5-3-2-4-6-14)22-23-19(24)26-13-18(25)21-12-15-7-9-16(20)10-8-15/h2-10H,11-13H2,1H3,(H,21,25). The molecule has 134 valence electrons. The molecule has 1 aromatic heterocycles. The topological polar surface area (TPSA) is 59.8 Å². The summed E-state index contributed by atoms with van der Waals surface area (Å²) in [5.41, 5.74) is 2.19. The molecule has 5 nitrogen and oxygen atoms in total. The van der Waals surface area contributed by atoms with Gasteiger partial charge in [0.1, 0.15) is 5.82 Å². The Labute approximate surface area is 161 Å². The average molecular weight is 387 g/mol. The summed E-state index contributed by atoms with van der Waals surface area (Å²) in [6.07, 6.45) is 0.716. The van der Waals surface area contributed by atoms with Crippen LogP contribution in [0.25, 0.3) is 0 Å². The number of carbonyl (C=O) groups excluding carboxylic acids is 1. The normalized spacial score (nSPS) is 10.7. The van der Waals surface area contributed by atoms with Gasteiger partial charge < -0.3 is 9.88 Å². The van der Waals surface area contributed by atoms with E-state index >= 15 is 0 Å². The molecule has 0 radical (unpaired) electrons. The first-order valence-corrected chi connectivity index (χ1v) is 9.54. The van der Waals surface area contributed by atoms with Crippen molar-refractivity contribution in [3.8, 4) is 0 Å². The highest BCUT2D eigenvalue weighted by atomic mass is 35.5. The van der Waals surface area contributed by atoms with Crippen molar-refractivity contribution < 1.29 is 4.79 Å². The van der Waals surface area contributed by atoms with E-state index in [0.717, 1.165) is 16.5 Å². The third-order valence-corrected chi connectivity index (χ3v) is 5.14. The van der Waals surface area contributed by atoms with Gasteiger partial charge in [-0.1, -0.05) is 65.8 Å². The summed E-state index contributed by atoms with van der Waals surface area (Å²) in [5.74, 6) is 1.13. The second kappa shape index (κ2) is 8.87. The lowest BCUT2D eigenvalue weighted by Gasteiger charge is -2.06. The van der Waals surface area contributed by atoms with E-state index in [0.29, 0.717) is 23.7 Å². The number of carbonyl (C=O) groups is 1. The van der Waals surface area contributed by atoms with Crippen molar-refractivity contribution in [2.24, 2.45) is 7.05 Å². The number of hydrogen-bond donors (Lipinski definition) is 1. The fraction of sp³-hybridized carbons (Fsp3) is 0.211. The number of aromatic nitrogens is 3. The molecular weight excluding hydrogens is 368 g/mol. The Bertz CT molecular complexity index is 865. The molecule has 1 amide bonds. The summed E-state index contributed by atoms with van der Waals surface area (Å²) >= 11 is 7.23. The summed E-state index contributed by atoms with van der Waals surface area (Å²) in [6.45, 7) is 0.481. The molecule has 26 heavy (non-hydrogen) atoms. The summed E-state index contributed by atoms with van der Waals surface area (Å²) in [4.78, 5) is 12.1. The Morgan fingerprint density at radius 2 is 1.81 bits per heavy atom. The van der Waals surface area contributed by atoms with E-state index in [1.165, 1.54) is 17.3 Å². The van der Waals surface area contributed by atoms with Gasteiger partial charge in [0.05, 0.1) is 5.75 Å². The van der Waals surface area contributed by atoms with Crippen molar-refractivity contribution in [1.82, 2.24) is 20.1 Å². The van der Waals surface area contributed by atoms with Gasteiger partial charge in [0.2, 0.25) is 5.91 Å². The lowest BCUT2D eigenvalue weighted by molar-refractivity contribution is -0.118. The predicted octanol–water partition coefficient (Wildman–Crippen LogP) is 3.47. The van der Waals surface area contributed by atoms with Crippen LogP contribution in [0.3, 0.4) is 0 Å². The zero-order chi connectivity index (χ0) is 18.4. The van der Waals surface area contributed by atoms with Crippen molar-refractivity contribution in [2.45, 2.75) is 18.1 Å². The molecule has 1 heterocycles. The van der Waals surface area contributed by atoms with Crippen LogP contribution in [-0.2, 0) is 24.8 Å². The molecule has 0 spiro atoms. The molecule has 0 saturated carbocycles. The van der Waals surface area contributed by atoms with E-state index in [1.54, 1.807) is 0 Å². The van der Waals surface area contributed by atoms with Crippen molar-refractivity contribution in [2.75, 3.05) is 5.75 Å². The highest BCUT2D eigenvalue weighted by Gasteiger charge is 2.11. The SMILES string of the molecule is Cn1c(Cc2ccccc2)nnc1SCC(=O)NCc1ccc(Cl)cc1. The van der Waals surface area contributed by atoms with Crippen molar-refractivity contribution in [3.05, 3.63) is 76.6 Å². The molecule has 0 fully saturated rings. The number of thioether (sulfide) groups is 1. The van der Waals surface area contributed by atoms with E-state index in [1.807, 2.05) is 54.1 Å². The number of nitrogens with zero attached hydrogens (tertiary/aromatic N) is 3. The smallest absolute Gasteiger partial charge is 0.230 e. The second-order valence-corrected chi connectivity index (χ2v) is 7.19. The molecule has 3 rings (SSSR count). The van der Waals surface area contributed by atoms with E-state index in [-0.39, 0.29) is 5.91 Å². The number of rotatable bonds is 7. The third kappa shape index (κ3) is 5.09. The van der Waals surface area contributed by atoms with Gasteiger partial charge in [-0.15, -0.1) is 10.2 Å². The number of hydrogen-bond acceptors (Lipinski definition) is 4. The van der Waals surface area contributed by atoms with Crippen LogP contribution in [-0.4, -0.2) is 26.4 Å².